The Hall–Kier alpha value is -2.72. The van der Waals surface area contributed by atoms with Gasteiger partial charge in [0.05, 0.1) is 7.11 Å². The van der Waals surface area contributed by atoms with E-state index in [4.69, 9.17) is 4.74 Å². The third kappa shape index (κ3) is 2.75. The predicted molar refractivity (Wildman–Crippen MR) is 87.7 cm³/mol. The fraction of sp³-hybridized carbons (Fsp3) is 0.100. The molecule has 0 atom stereocenters. The second-order valence-corrected chi connectivity index (χ2v) is 4.95. The molecule has 21 heavy (non-hydrogen) atoms. The first-order chi connectivity index (χ1) is 10.3. The first kappa shape index (κ1) is 13.3. The molecule has 1 nitrogen and oxygen atoms in total. The average Bonchev–Trinajstić information content (AvgIpc) is 2.55. The molecule has 0 N–H and O–H groups in total. The average molecular weight is 272 g/mol. The number of rotatable bonds is 1. The zero-order valence-electron chi connectivity index (χ0n) is 12.2. The maximum Gasteiger partial charge on any atom is 0.118 e. The number of benzene rings is 3. The molecule has 1 heteroatoms. The summed E-state index contributed by atoms with van der Waals surface area (Å²) >= 11 is 0. The van der Waals surface area contributed by atoms with Gasteiger partial charge in [-0.15, -0.1) is 0 Å². The molecule has 0 amide bonds. The summed E-state index contributed by atoms with van der Waals surface area (Å²) in [5, 5.41) is 2.47. The Balaban J connectivity index is 2.02. The van der Waals surface area contributed by atoms with E-state index in [2.05, 4.69) is 55.2 Å². The number of aryl methyl sites for hydroxylation is 1. The van der Waals surface area contributed by atoms with Gasteiger partial charge in [0.25, 0.3) is 0 Å². The summed E-state index contributed by atoms with van der Waals surface area (Å²) in [5.41, 5.74) is 3.33. The fourth-order valence-electron chi connectivity index (χ4n) is 2.37. The highest BCUT2D eigenvalue weighted by molar-refractivity contribution is 5.90. The minimum absolute atomic E-state index is 0.848. The second kappa shape index (κ2) is 5.73. The lowest BCUT2D eigenvalue weighted by Crippen LogP contribution is -1.84. The highest BCUT2D eigenvalue weighted by atomic mass is 16.5. The predicted octanol–water partition coefficient (Wildman–Crippen LogP) is 4.56. The molecule has 0 saturated carbocycles. The minimum Gasteiger partial charge on any atom is -0.497 e. The van der Waals surface area contributed by atoms with Crippen LogP contribution in [0.4, 0.5) is 0 Å². The number of methoxy groups -OCH3 is 1. The van der Waals surface area contributed by atoms with Crippen molar-refractivity contribution >= 4 is 10.8 Å². The van der Waals surface area contributed by atoms with Crippen LogP contribution >= 0.6 is 0 Å². The van der Waals surface area contributed by atoms with Gasteiger partial charge in [-0.2, -0.15) is 0 Å². The van der Waals surface area contributed by atoms with E-state index in [0.29, 0.717) is 0 Å². The first-order valence-corrected chi connectivity index (χ1v) is 6.92. The summed E-state index contributed by atoms with van der Waals surface area (Å²) in [7, 11) is 1.67. The van der Waals surface area contributed by atoms with Gasteiger partial charge in [-0.3, -0.25) is 0 Å². The molecule has 0 aliphatic heterocycles. The molecule has 0 saturated heterocycles. The van der Waals surface area contributed by atoms with E-state index in [0.717, 1.165) is 16.9 Å². The second-order valence-electron chi connectivity index (χ2n) is 4.95. The number of hydrogen-bond donors (Lipinski definition) is 0. The van der Waals surface area contributed by atoms with Gasteiger partial charge >= 0.3 is 0 Å². The van der Waals surface area contributed by atoms with E-state index < -0.39 is 0 Å². The number of hydrogen-bond acceptors (Lipinski definition) is 1. The molecule has 0 bridgehead atoms. The Bertz CT molecular complexity index is 833. The van der Waals surface area contributed by atoms with Crippen molar-refractivity contribution in [3.8, 4) is 17.6 Å². The highest BCUT2D eigenvalue weighted by Gasteiger charge is 2.00. The van der Waals surface area contributed by atoms with Crippen LogP contribution in [0.3, 0.4) is 0 Å². The van der Waals surface area contributed by atoms with E-state index in [1.165, 1.54) is 16.3 Å². The zero-order chi connectivity index (χ0) is 14.7. The number of fused-ring (bicyclic) bond motifs is 1. The monoisotopic (exact) mass is 272 g/mol. The molecule has 0 unspecified atom stereocenters. The van der Waals surface area contributed by atoms with Gasteiger partial charge in [0.1, 0.15) is 5.75 Å². The van der Waals surface area contributed by atoms with Gasteiger partial charge in [0, 0.05) is 11.1 Å². The number of ether oxygens (including phenoxy) is 1. The van der Waals surface area contributed by atoms with Gasteiger partial charge in [-0.1, -0.05) is 42.2 Å². The van der Waals surface area contributed by atoms with Crippen LogP contribution in [0.15, 0.2) is 60.7 Å². The van der Waals surface area contributed by atoms with Crippen LogP contribution in [-0.2, 0) is 0 Å². The Kier molecular flexibility index (Phi) is 3.62. The molecule has 0 spiro atoms. The zero-order valence-corrected chi connectivity index (χ0v) is 12.2. The standard InChI is InChI=1S/C20H16O/c1-15-7-11-17(20-6-4-3-5-19(15)20)12-8-16-9-13-18(21-2)14-10-16/h3-7,9-11,13-14H,1-2H3. The van der Waals surface area contributed by atoms with Crippen LogP contribution in [0.25, 0.3) is 10.8 Å². The molecule has 3 aromatic carbocycles. The summed E-state index contributed by atoms with van der Waals surface area (Å²) in [5.74, 6) is 7.34. The van der Waals surface area contributed by atoms with Crippen molar-refractivity contribution in [3.05, 3.63) is 77.4 Å². The molecule has 0 aliphatic rings. The van der Waals surface area contributed by atoms with Crippen molar-refractivity contribution in [2.24, 2.45) is 0 Å². The van der Waals surface area contributed by atoms with E-state index in [1.807, 2.05) is 24.3 Å². The molecule has 0 heterocycles. The largest absolute Gasteiger partial charge is 0.497 e. The van der Waals surface area contributed by atoms with Crippen LogP contribution in [0.2, 0.25) is 0 Å². The van der Waals surface area contributed by atoms with Crippen LogP contribution < -0.4 is 4.74 Å². The topological polar surface area (TPSA) is 9.23 Å². The molecular formula is C20H16O. The van der Waals surface area contributed by atoms with Gasteiger partial charge in [0.15, 0.2) is 0 Å². The third-order valence-corrected chi connectivity index (χ3v) is 3.57. The van der Waals surface area contributed by atoms with E-state index in [-0.39, 0.29) is 0 Å². The van der Waals surface area contributed by atoms with E-state index in [1.54, 1.807) is 7.11 Å². The van der Waals surface area contributed by atoms with Crippen LogP contribution in [-0.4, -0.2) is 7.11 Å². The SMILES string of the molecule is COc1ccc(C#Cc2ccc(C)c3ccccc23)cc1. The van der Waals surface area contributed by atoms with Crippen molar-refractivity contribution in [3.63, 3.8) is 0 Å². The summed E-state index contributed by atoms with van der Waals surface area (Å²) in [6.07, 6.45) is 0. The Labute approximate surface area is 125 Å². The van der Waals surface area contributed by atoms with Crippen LogP contribution in [0, 0.1) is 18.8 Å². The fourth-order valence-corrected chi connectivity index (χ4v) is 2.37. The summed E-state index contributed by atoms with van der Waals surface area (Å²) < 4.78 is 5.15. The Morgan fingerprint density at radius 3 is 2.19 bits per heavy atom. The molecule has 0 aliphatic carbocycles. The van der Waals surface area contributed by atoms with E-state index in [9.17, 15) is 0 Å². The van der Waals surface area contributed by atoms with E-state index >= 15 is 0 Å². The molecule has 3 rings (SSSR count). The first-order valence-electron chi connectivity index (χ1n) is 6.92. The van der Waals surface area contributed by atoms with Crippen molar-refractivity contribution in [1.29, 1.82) is 0 Å². The lowest BCUT2D eigenvalue weighted by Gasteiger charge is -2.03. The normalized spacial score (nSPS) is 10.0. The molecule has 102 valence electrons. The smallest absolute Gasteiger partial charge is 0.118 e. The van der Waals surface area contributed by atoms with Crippen LogP contribution in [0.1, 0.15) is 16.7 Å². The van der Waals surface area contributed by atoms with Gasteiger partial charge in [-0.05, 0) is 53.6 Å². The van der Waals surface area contributed by atoms with Gasteiger partial charge in [-0.25, -0.2) is 0 Å². The Morgan fingerprint density at radius 2 is 1.48 bits per heavy atom. The third-order valence-electron chi connectivity index (χ3n) is 3.57. The Morgan fingerprint density at radius 1 is 0.762 bits per heavy atom. The van der Waals surface area contributed by atoms with Gasteiger partial charge in [0.2, 0.25) is 0 Å². The molecule has 0 radical (unpaired) electrons. The highest BCUT2D eigenvalue weighted by Crippen LogP contribution is 2.21. The lowest BCUT2D eigenvalue weighted by atomic mass is 10.0. The van der Waals surface area contributed by atoms with Crippen molar-refractivity contribution in [2.45, 2.75) is 6.92 Å². The summed E-state index contributed by atoms with van der Waals surface area (Å²) in [4.78, 5) is 0. The van der Waals surface area contributed by atoms with Crippen molar-refractivity contribution in [2.75, 3.05) is 7.11 Å². The van der Waals surface area contributed by atoms with Crippen molar-refractivity contribution < 1.29 is 4.74 Å². The minimum atomic E-state index is 0.848. The molecule has 3 aromatic rings. The van der Waals surface area contributed by atoms with Crippen LogP contribution in [0.5, 0.6) is 5.75 Å². The summed E-state index contributed by atoms with van der Waals surface area (Å²) in [6, 6.07) is 20.4. The maximum atomic E-state index is 5.15. The molecule has 0 fully saturated rings. The van der Waals surface area contributed by atoms with Crippen molar-refractivity contribution in [1.82, 2.24) is 0 Å². The van der Waals surface area contributed by atoms with Gasteiger partial charge < -0.3 is 4.74 Å². The maximum absolute atomic E-state index is 5.15. The molecular weight excluding hydrogens is 256 g/mol. The molecule has 0 aromatic heterocycles. The quantitative estimate of drug-likeness (QED) is 0.590. The lowest BCUT2D eigenvalue weighted by molar-refractivity contribution is 0.415. The summed E-state index contributed by atoms with van der Waals surface area (Å²) in [6.45, 7) is 2.13.